The molecule has 1 rings (SSSR count). The van der Waals surface area contributed by atoms with E-state index in [0.29, 0.717) is 25.9 Å². The maximum atomic E-state index is 11.6. The van der Waals surface area contributed by atoms with E-state index >= 15 is 0 Å². The van der Waals surface area contributed by atoms with Crippen LogP contribution >= 0.6 is 0 Å². The quantitative estimate of drug-likeness (QED) is 0.716. The lowest BCUT2D eigenvalue weighted by Gasteiger charge is -2.20. The van der Waals surface area contributed by atoms with Crippen molar-refractivity contribution in [3.05, 3.63) is 35.4 Å². The number of amides is 1. The minimum absolute atomic E-state index is 0.0200. The summed E-state index contributed by atoms with van der Waals surface area (Å²) >= 11 is 0. The smallest absolute Gasteiger partial charge is 0.335 e. The van der Waals surface area contributed by atoms with Gasteiger partial charge in [-0.3, -0.25) is 4.79 Å². The van der Waals surface area contributed by atoms with Gasteiger partial charge in [-0.2, -0.15) is 0 Å². The van der Waals surface area contributed by atoms with Crippen molar-refractivity contribution in [2.45, 2.75) is 39.2 Å². The monoisotopic (exact) mass is 292 g/mol. The third-order valence-electron chi connectivity index (χ3n) is 2.94. The predicted molar refractivity (Wildman–Crippen MR) is 82.5 cm³/mol. The second kappa shape index (κ2) is 7.78. The van der Waals surface area contributed by atoms with Crippen molar-refractivity contribution in [1.29, 1.82) is 0 Å². The molecule has 3 N–H and O–H groups in total. The van der Waals surface area contributed by atoms with Gasteiger partial charge in [0.1, 0.15) is 0 Å². The summed E-state index contributed by atoms with van der Waals surface area (Å²) in [5.41, 5.74) is 1.30. The minimum Gasteiger partial charge on any atom is -0.478 e. The Labute approximate surface area is 125 Å². The van der Waals surface area contributed by atoms with E-state index in [0.717, 1.165) is 5.56 Å². The van der Waals surface area contributed by atoms with Crippen molar-refractivity contribution in [1.82, 2.24) is 10.6 Å². The fraction of sp³-hybridized carbons (Fsp3) is 0.500. The van der Waals surface area contributed by atoms with E-state index in [1.54, 1.807) is 24.3 Å². The largest absolute Gasteiger partial charge is 0.478 e. The van der Waals surface area contributed by atoms with E-state index < -0.39 is 5.97 Å². The molecule has 0 spiro atoms. The predicted octanol–water partition coefficient (Wildman–Crippen LogP) is 1.82. The topological polar surface area (TPSA) is 78.4 Å². The molecular formula is C16H24N2O3. The highest BCUT2D eigenvalue weighted by Crippen LogP contribution is 2.04. The summed E-state index contributed by atoms with van der Waals surface area (Å²) in [7, 11) is 0. The van der Waals surface area contributed by atoms with Crippen LogP contribution in [0.4, 0.5) is 0 Å². The van der Waals surface area contributed by atoms with Gasteiger partial charge in [-0.25, -0.2) is 4.79 Å². The second-order valence-corrected chi connectivity index (χ2v) is 6.03. The van der Waals surface area contributed by atoms with Gasteiger partial charge in [0.2, 0.25) is 5.91 Å². The first-order valence-corrected chi connectivity index (χ1v) is 7.12. The van der Waals surface area contributed by atoms with Crippen LogP contribution in [0.25, 0.3) is 0 Å². The molecule has 1 aromatic carbocycles. The Balaban J connectivity index is 2.24. The summed E-state index contributed by atoms with van der Waals surface area (Å²) in [5.74, 6) is -0.907. The van der Waals surface area contributed by atoms with E-state index in [1.807, 2.05) is 0 Å². The maximum absolute atomic E-state index is 11.6. The molecule has 0 saturated carbocycles. The number of hydrogen-bond donors (Lipinski definition) is 3. The van der Waals surface area contributed by atoms with Gasteiger partial charge in [-0.05, 0) is 44.9 Å². The Bertz CT molecular complexity index is 475. The van der Waals surface area contributed by atoms with Crippen LogP contribution in [0.5, 0.6) is 0 Å². The van der Waals surface area contributed by atoms with Crippen LogP contribution in [-0.2, 0) is 11.2 Å². The number of carboxylic acid groups (broad SMARTS) is 1. The van der Waals surface area contributed by atoms with Crippen molar-refractivity contribution in [3.63, 3.8) is 0 Å². The van der Waals surface area contributed by atoms with Crippen molar-refractivity contribution < 1.29 is 14.7 Å². The molecule has 116 valence electrons. The molecule has 0 bridgehead atoms. The Kier molecular flexibility index (Phi) is 6.37. The molecule has 1 aromatic rings. The van der Waals surface area contributed by atoms with Gasteiger partial charge in [0.25, 0.3) is 0 Å². The van der Waals surface area contributed by atoms with Crippen molar-refractivity contribution in [2.75, 3.05) is 13.1 Å². The Morgan fingerprint density at radius 2 is 1.71 bits per heavy atom. The van der Waals surface area contributed by atoms with E-state index in [-0.39, 0.29) is 17.0 Å². The van der Waals surface area contributed by atoms with Crippen LogP contribution in [0.1, 0.15) is 43.1 Å². The van der Waals surface area contributed by atoms with Crippen molar-refractivity contribution >= 4 is 11.9 Å². The fourth-order valence-corrected chi connectivity index (χ4v) is 1.80. The van der Waals surface area contributed by atoms with Crippen LogP contribution < -0.4 is 10.6 Å². The molecule has 0 aliphatic heterocycles. The highest BCUT2D eigenvalue weighted by Gasteiger charge is 2.09. The van der Waals surface area contributed by atoms with E-state index in [2.05, 4.69) is 31.4 Å². The first-order chi connectivity index (χ1) is 9.78. The zero-order valence-electron chi connectivity index (χ0n) is 12.9. The average molecular weight is 292 g/mol. The maximum Gasteiger partial charge on any atom is 0.335 e. The molecule has 0 unspecified atom stereocenters. The Morgan fingerprint density at radius 3 is 2.24 bits per heavy atom. The zero-order valence-corrected chi connectivity index (χ0v) is 12.9. The number of hydrogen-bond acceptors (Lipinski definition) is 3. The van der Waals surface area contributed by atoms with Crippen LogP contribution in [0.15, 0.2) is 24.3 Å². The van der Waals surface area contributed by atoms with Crippen LogP contribution in [-0.4, -0.2) is 35.6 Å². The van der Waals surface area contributed by atoms with Crippen molar-refractivity contribution in [3.8, 4) is 0 Å². The molecule has 0 aromatic heterocycles. The molecule has 0 saturated heterocycles. The lowest BCUT2D eigenvalue weighted by Crippen LogP contribution is -2.38. The van der Waals surface area contributed by atoms with Gasteiger partial charge in [0.15, 0.2) is 0 Å². The minimum atomic E-state index is -0.929. The number of aromatic carboxylic acids is 1. The van der Waals surface area contributed by atoms with Gasteiger partial charge in [0.05, 0.1) is 5.56 Å². The molecule has 21 heavy (non-hydrogen) atoms. The Morgan fingerprint density at radius 1 is 1.10 bits per heavy atom. The van der Waals surface area contributed by atoms with Gasteiger partial charge in [0, 0.05) is 25.0 Å². The molecular weight excluding hydrogens is 268 g/mol. The van der Waals surface area contributed by atoms with Crippen molar-refractivity contribution in [2.24, 2.45) is 0 Å². The van der Waals surface area contributed by atoms with E-state index in [4.69, 9.17) is 5.11 Å². The second-order valence-electron chi connectivity index (χ2n) is 6.03. The van der Waals surface area contributed by atoms with Gasteiger partial charge < -0.3 is 15.7 Å². The number of nitrogens with one attached hydrogen (secondary N) is 2. The van der Waals surface area contributed by atoms with E-state index in [1.165, 1.54) is 0 Å². The number of carboxylic acids is 1. The van der Waals surface area contributed by atoms with Gasteiger partial charge in [-0.15, -0.1) is 0 Å². The normalized spacial score (nSPS) is 11.2. The summed E-state index contributed by atoms with van der Waals surface area (Å²) in [5, 5.41) is 14.9. The number of rotatable bonds is 7. The SMILES string of the molecule is CC(C)(C)NCCC(=O)NCCc1ccc(C(=O)O)cc1. The molecule has 0 atom stereocenters. The molecule has 0 radical (unpaired) electrons. The summed E-state index contributed by atoms with van der Waals surface area (Å²) in [6, 6.07) is 6.70. The molecule has 0 aliphatic carbocycles. The number of benzene rings is 1. The highest BCUT2D eigenvalue weighted by atomic mass is 16.4. The summed E-state index contributed by atoms with van der Waals surface area (Å²) in [6.45, 7) is 7.40. The molecule has 5 nitrogen and oxygen atoms in total. The van der Waals surface area contributed by atoms with Gasteiger partial charge in [-0.1, -0.05) is 12.1 Å². The third kappa shape index (κ3) is 7.46. The molecule has 0 aliphatic rings. The third-order valence-corrected chi connectivity index (χ3v) is 2.94. The number of carbonyl (C=O) groups excluding carboxylic acids is 1. The molecule has 0 heterocycles. The molecule has 1 amide bonds. The standard InChI is InChI=1S/C16H24N2O3/c1-16(2,3)18-11-9-14(19)17-10-8-12-4-6-13(7-5-12)15(20)21/h4-7,18H,8-11H2,1-3H3,(H,17,19)(H,20,21). The first-order valence-electron chi connectivity index (χ1n) is 7.12. The van der Waals surface area contributed by atoms with Crippen LogP contribution in [0.3, 0.4) is 0 Å². The van der Waals surface area contributed by atoms with Crippen LogP contribution in [0.2, 0.25) is 0 Å². The zero-order chi connectivity index (χ0) is 15.9. The number of carbonyl (C=O) groups is 2. The van der Waals surface area contributed by atoms with E-state index in [9.17, 15) is 9.59 Å². The average Bonchev–Trinajstić information content (AvgIpc) is 2.37. The first kappa shape index (κ1) is 17.2. The highest BCUT2D eigenvalue weighted by molar-refractivity contribution is 5.87. The lowest BCUT2D eigenvalue weighted by atomic mass is 10.1. The van der Waals surface area contributed by atoms with Gasteiger partial charge >= 0.3 is 5.97 Å². The van der Waals surface area contributed by atoms with Crippen LogP contribution in [0, 0.1) is 0 Å². The Hall–Kier alpha value is -1.88. The fourth-order valence-electron chi connectivity index (χ4n) is 1.80. The molecule has 5 heteroatoms. The molecule has 0 fully saturated rings. The lowest BCUT2D eigenvalue weighted by molar-refractivity contribution is -0.121. The summed E-state index contributed by atoms with van der Waals surface area (Å²) in [6.07, 6.45) is 1.15. The summed E-state index contributed by atoms with van der Waals surface area (Å²) in [4.78, 5) is 22.4. The summed E-state index contributed by atoms with van der Waals surface area (Å²) < 4.78 is 0.